The second kappa shape index (κ2) is 6.23. The minimum atomic E-state index is -0.472. The molecule has 0 radical (unpaired) electrons. The number of aryl methyl sites for hydroxylation is 1. The van der Waals surface area contributed by atoms with E-state index in [1.54, 1.807) is 18.2 Å². The third-order valence-electron chi connectivity index (χ3n) is 3.92. The predicted molar refractivity (Wildman–Crippen MR) is 100 cm³/mol. The van der Waals surface area contributed by atoms with Crippen LogP contribution < -0.4 is 10.9 Å². The zero-order chi connectivity index (χ0) is 18.3. The zero-order valence-electron chi connectivity index (χ0n) is 14.0. The SMILES string of the molecule is COC(=O)c1ccc2c(=O)n3nc(Nc4ccc(C)cc4)sc3nc2c1. The van der Waals surface area contributed by atoms with Crippen LogP contribution in [0.1, 0.15) is 15.9 Å². The molecule has 0 unspecified atom stereocenters. The van der Waals surface area contributed by atoms with Crippen molar-refractivity contribution in [2.75, 3.05) is 12.4 Å². The van der Waals surface area contributed by atoms with Crippen molar-refractivity contribution >= 4 is 44.0 Å². The van der Waals surface area contributed by atoms with Crippen molar-refractivity contribution in [3.8, 4) is 0 Å². The van der Waals surface area contributed by atoms with Gasteiger partial charge in [-0.2, -0.15) is 4.52 Å². The number of nitrogens with zero attached hydrogens (tertiary/aromatic N) is 3. The van der Waals surface area contributed by atoms with E-state index >= 15 is 0 Å². The van der Waals surface area contributed by atoms with Gasteiger partial charge in [0.25, 0.3) is 5.56 Å². The molecule has 0 bridgehead atoms. The summed E-state index contributed by atoms with van der Waals surface area (Å²) in [5.41, 5.74) is 2.53. The fraction of sp³-hybridized carbons (Fsp3) is 0.111. The number of benzene rings is 2. The Labute approximate surface area is 151 Å². The summed E-state index contributed by atoms with van der Waals surface area (Å²) in [5, 5.41) is 8.43. The highest BCUT2D eigenvalue weighted by molar-refractivity contribution is 7.20. The fourth-order valence-corrected chi connectivity index (χ4v) is 3.38. The van der Waals surface area contributed by atoms with E-state index in [9.17, 15) is 9.59 Å². The molecular formula is C18H14N4O3S. The quantitative estimate of drug-likeness (QED) is 0.561. The van der Waals surface area contributed by atoms with Crippen molar-refractivity contribution in [2.45, 2.75) is 6.92 Å². The first-order chi connectivity index (χ1) is 12.5. The lowest BCUT2D eigenvalue weighted by Gasteiger charge is -2.01. The van der Waals surface area contributed by atoms with Gasteiger partial charge in [0.15, 0.2) is 0 Å². The maximum atomic E-state index is 12.7. The van der Waals surface area contributed by atoms with E-state index < -0.39 is 5.97 Å². The zero-order valence-corrected chi connectivity index (χ0v) is 14.8. The number of esters is 1. The number of nitrogens with one attached hydrogen (secondary N) is 1. The highest BCUT2D eigenvalue weighted by Gasteiger charge is 2.13. The van der Waals surface area contributed by atoms with Gasteiger partial charge in [0, 0.05) is 5.69 Å². The number of rotatable bonds is 3. The Kier molecular flexibility index (Phi) is 3.89. The van der Waals surface area contributed by atoms with Gasteiger partial charge in [-0.05, 0) is 37.3 Å². The lowest BCUT2D eigenvalue weighted by Crippen LogP contribution is -2.15. The molecule has 2 aromatic carbocycles. The molecule has 0 aliphatic rings. The molecule has 0 amide bonds. The summed E-state index contributed by atoms with van der Waals surface area (Å²) in [6.07, 6.45) is 0. The summed E-state index contributed by atoms with van der Waals surface area (Å²) in [4.78, 5) is 29.3. The summed E-state index contributed by atoms with van der Waals surface area (Å²) < 4.78 is 5.98. The molecule has 0 atom stereocenters. The van der Waals surface area contributed by atoms with Crippen molar-refractivity contribution in [1.82, 2.24) is 14.6 Å². The lowest BCUT2D eigenvalue weighted by molar-refractivity contribution is 0.0601. The van der Waals surface area contributed by atoms with Gasteiger partial charge in [-0.3, -0.25) is 4.79 Å². The van der Waals surface area contributed by atoms with Crippen LogP contribution in [0.5, 0.6) is 0 Å². The number of aromatic nitrogens is 3. The van der Waals surface area contributed by atoms with Gasteiger partial charge in [0.2, 0.25) is 10.1 Å². The molecule has 4 rings (SSSR count). The van der Waals surface area contributed by atoms with Crippen molar-refractivity contribution in [2.24, 2.45) is 0 Å². The van der Waals surface area contributed by atoms with Gasteiger partial charge >= 0.3 is 5.97 Å². The van der Waals surface area contributed by atoms with Crippen molar-refractivity contribution < 1.29 is 9.53 Å². The first kappa shape index (κ1) is 16.2. The molecule has 1 N–H and O–H groups in total. The third kappa shape index (κ3) is 2.80. The van der Waals surface area contributed by atoms with Crippen molar-refractivity contribution in [1.29, 1.82) is 0 Å². The second-order valence-electron chi connectivity index (χ2n) is 5.73. The Morgan fingerprint density at radius 1 is 1.19 bits per heavy atom. The normalized spacial score (nSPS) is 11.0. The van der Waals surface area contributed by atoms with Crippen LogP contribution in [-0.4, -0.2) is 27.7 Å². The molecule has 7 nitrogen and oxygen atoms in total. The van der Waals surface area contributed by atoms with E-state index in [4.69, 9.17) is 4.74 Å². The topological polar surface area (TPSA) is 85.6 Å². The van der Waals surface area contributed by atoms with Crippen LogP contribution in [0.4, 0.5) is 10.8 Å². The average molecular weight is 366 g/mol. The van der Waals surface area contributed by atoms with E-state index in [0.717, 1.165) is 11.3 Å². The highest BCUT2D eigenvalue weighted by atomic mass is 32.1. The molecule has 8 heteroatoms. The number of carbonyl (C=O) groups excluding carboxylic acids is 1. The van der Waals surface area contributed by atoms with Crippen LogP contribution in [0.3, 0.4) is 0 Å². The first-order valence-corrected chi connectivity index (χ1v) is 8.62. The van der Waals surface area contributed by atoms with Crippen LogP contribution in [-0.2, 0) is 4.74 Å². The molecule has 0 saturated heterocycles. The van der Waals surface area contributed by atoms with Crippen LogP contribution in [0.2, 0.25) is 0 Å². The summed E-state index contributed by atoms with van der Waals surface area (Å²) in [5.74, 6) is -0.472. The summed E-state index contributed by atoms with van der Waals surface area (Å²) >= 11 is 1.26. The summed E-state index contributed by atoms with van der Waals surface area (Å²) in [7, 11) is 1.31. The molecule has 2 heterocycles. The number of carbonyl (C=O) groups is 1. The van der Waals surface area contributed by atoms with E-state index in [-0.39, 0.29) is 5.56 Å². The first-order valence-electron chi connectivity index (χ1n) is 7.81. The monoisotopic (exact) mass is 366 g/mol. The van der Waals surface area contributed by atoms with Gasteiger partial charge in [0.05, 0.1) is 23.6 Å². The van der Waals surface area contributed by atoms with Crippen LogP contribution in [0, 0.1) is 6.92 Å². The van der Waals surface area contributed by atoms with Gasteiger partial charge in [-0.25, -0.2) is 9.78 Å². The molecule has 0 saturated carbocycles. The molecule has 0 fully saturated rings. The minimum absolute atomic E-state index is 0.283. The molecule has 4 aromatic rings. The number of methoxy groups -OCH3 is 1. The third-order valence-corrected chi connectivity index (χ3v) is 4.74. The Morgan fingerprint density at radius 2 is 1.96 bits per heavy atom. The largest absolute Gasteiger partial charge is 0.465 e. The molecule has 0 aliphatic carbocycles. The standard InChI is InChI=1S/C18H14N4O3S/c1-10-3-6-12(7-4-10)19-17-21-22-15(23)13-8-5-11(16(24)25-2)9-14(13)20-18(22)26-17/h3-9H,1-2H3,(H,19,21). The van der Waals surface area contributed by atoms with Gasteiger partial charge in [-0.15, -0.1) is 5.10 Å². The van der Waals surface area contributed by atoms with Crippen LogP contribution >= 0.6 is 11.3 Å². The van der Waals surface area contributed by atoms with Gasteiger partial charge < -0.3 is 10.1 Å². The van der Waals surface area contributed by atoms with E-state index in [2.05, 4.69) is 15.4 Å². The number of ether oxygens (including phenoxy) is 1. The smallest absolute Gasteiger partial charge is 0.337 e. The second-order valence-corrected chi connectivity index (χ2v) is 6.69. The van der Waals surface area contributed by atoms with Gasteiger partial charge in [0.1, 0.15) is 0 Å². The Hall–Kier alpha value is -3.26. The average Bonchev–Trinajstić information content (AvgIpc) is 3.05. The maximum absolute atomic E-state index is 12.7. The fourth-order valence-electron chi connectivity index (χ4n) is 2.56. The molecule has 0 spiro atoms. The van der Waals surface area contributed by atoms with E-state index in [0.29, 0.717) is 26.6 Å². The maximum Gasteiger partial charge on any atom is 0.337 e. The molecule has 26 heavy (non-hydrogen) atoms. The number of anilines is 2. The molecular weight excluding hydrogens is 352 g/mol. The number of hydrogen-bond donors (Lipinski definition) is 1. The Balaban J connectivity index is 1.80. The van der Waals surface area contributed by atoms with Crippen LogP contribution in [0.15, 0.2) is 47.3 Å². The lowest BCUT2D eigenvalue weighted by atomic mass is 10.1. The minimum Gasteiger partial charge on any atom is -0.465 e. The highest BCUT2D eigenvalue weighted by Crippen LogP contribution is 2.23. The summed E-state index contributed by atoms with van der Waals surface area (Å²) in [6, 6.07) is 12.5. The van der Waals surface area contributed by atoms with Crippen molar-refractivity contribution in [3.05, 3.63) is 63.9 Å². The number of hydrogen-bond acceptors (Lipinski definition) is 7. The van der Waals surface area contributed by atoms with Gasteiger partial charge in [-0.1, -0.05) is 29.0 Å². The Morgan fingerprint density at radius 3 is 2.69 bits per heavy atom. The number of fused-ring (bicyclic) bond motifs is 2. The molecule has 130 valence electrons. The molecule has 0 aliphatic heterocycles. The summed E-state index contributed by atoms with van der Waals surface area (Å²) in [6.45, 7) is 2.01. The van der Waals surface area contributed by atoms with E-state index in [1.165, 1.54) is 23.0 Å². The molecule has 2 aromatic heterocycles. The van der Waals surface area contributed by atoms with Crippen LogP contribution in [0.25, 0.3) is 15.9 Å². The predicted octanol–water partition coefficient (Wildman–Crippen LogP) is 3.14. The Bertz CT molecular complexity index is 1190. The van der Waals surface area contributed by atoms with E-state index in [1.807, 2.05) is 31.2 Å². The van der Waals surface area contributed by atoms with Crippen molar-refractivity contribution in [3.63, 3.8) is 0 Å².